The Morgan fingerprint density at radius 1 is 1.12 bits per heavy atom. The zero-order chi connectivity index (χ0) is 23.9. The highest BCUT2D eigenvalue weighted by Gasteiger charge is 2.39. The van der Waals surface area contributed by atoms with Crippen molar-refractivity contribution in [2.75, 3.05) is 4.90 Å². The van der Waals surface area contributed by atoms with E-state index in [0.717, 1.165) is 16.7 Å². The molecule has 1 saturated heterocycles. The van der Waals surface area contributed by atoms with Gasteiger partial charge in [0, 0.05) is 24.2 Å². The van der Waals surface area contributed by atoms with E-state index < -0.39 is 18.0 Å². The molecule has 8 nitrogen and oxygen atoms in total. The van der Waals surface area contributed by atoms with Gasteiger partial charge in [-0.3, -0.25) is 24.6 Å². The molecule has 172 valence electrons. The van der Waals surface area contributed by atoms with Crippen molar-refractivity contribution in [1.82, 2.24) is 10.2 Å². The monoisotopic (exact) mass is 448 g/mol. The van der Waals surface area contributed by atoms with Gasteiger partial charge in [-0.15, -0.1) is 0 Å². The number of imide groups is 1. The number of fused-ring (bicyclic) bond motifs is 1. The zero-order valence-electron chi connectivity index (χ0n) is 19.1. The minimum Gasteiger partial charge on any atom is -0.351 e. The lowest BCUT2D eigenvalue weighted by Gasteiger charge is -2.29. The standard InChI is InChI=1S/C25H28N4O4/c1-25(2,3)17-5-7-18(8-6-17)28(24(26)33)13-15-4-9-19-16(12-15)14-29(23(19)32)20-10-11-21(30)27-22(20)31/h4-9,12,20H,10-11,13-14H2,1-3H3,(H2,26,33)(H,27,30,31). The summed E-state index contributed by atoms with van der Waals surface area (Å²) in [6.45, 7) is 6.91. The number of nitrogens with zero attached hydrogens (tertiary/aromatic N) is 2. The van der Waals surface area contributed by atoms with Crippen molar-refractivity contribution in [2.24, 2.45) is 5.73 Å². The van der Waals surface area contributed by atoms with Gasteiger partial charge in [-0.1, -0.05) is 45.0 Å². The normalized spacial score (nSPS) is 18.2. The maximum atomic E-state index is 12.9. The number of urea groups is 1. The van der Waals surface area contributed by atoms with Crippen LogP contribution in [0, 0.1) is 0 Å². The van der Waals surface area contributed by atoms with Gasteiger partial charge in [0.15, 0.2) is 0 Å². The Kier molecular flexibility index (Phi) is 5.69. The van der Waals surface area contributed by atoms with Gasteiger partial charge >= 0.3 is 6.03 Å². The maximum absolute atomic E-state index is 12.9. The Balaban J connectivity index is 1.53. The minimum absolute atomic E-state index is 0.00297. The van der Waals surface area contributed by atoms with Crippen LogP contribution in [-0.4, -0.2) is 34.7 Å². The first-order chi connectivity index (χ1) is 15.5. The molecule has 5 amide bonds. The minimum atomic E-state index is -0.658. The number of carbonyl (C=O) groups excluding carboxylic acids is 4. The molecule has 2 aliphatic rings. The van der Waals surface area contributed by atoms with Crippen molar-refractivity contribution < 1.29 is 19.2 Å². The number of hydrogen-bond donors (Lipinski definition) is 2. The molecule has 33 heavy (non-hydrogen) atoms. The van der Waals surface area contributed by atoms with Gasteiger partial charge in [0.25, 0.3) is 5.91 Å². The Labute approximate surface area is 192 Å². The van der Waals surface area contributed by atoms with Gasteiger partial charge < -0.3 is 10.6 Å². The molecule has 1 unspecified atom stereocenters. The third-order valence-corrected chi connectivity index (χ3v) is 6.24. The largest absolute Gasteiger partial charge is 0.351 e. The second-order valence-electron chi connectivity index (χ2n) is 9.61. The van der Waals surface area contributed by atoms with Crippen LogP contribution in [0.3, 0.4) is 0 Å². The van der Waals surface area contributed by atoms with Crippen LogP contribution in [0.15, 0.2) is 42.5 Å². The molecule has 0 aliphatic carbocycles. The molecule has 0 bridgehead atoms. The van der Waals surface area contributed by atoms with Gasteiger partial charge in [-0.05, 0) is 46.7 Å². The van der Waals surface area contributed by atoms with Gasteiger partial charge in [-0.2, -0.15) is 0 Å². The van der Waals surface area contributed by atoms with Crippen LogP contribution in [-0.2, 0) is 28.1 Å². The van der Waals surface area contributed by atoms with Crippen LogP contribution in [0.1, 0.15) is 60.7 Å². The molecule has 3 N–H and O–H groups in total. The van der Waals surface area contributed by atoms with E-state index in [-0.39, 0.29) is 36.7 Å². The number of anilines is 1. The summed E-state index contributed by atoms with van der Waals surface area (Å²) in [6.07, 6.45) is 0.528. The van der Waals surface area contributed by atoms with E-state index >= 15 is 0 Å². The molecule has 2 aromatic rings. The van der Waals surface area contributed by atoms with Crippen LogP contribution in [0.5, 0.6) is 0 Å². The van der Waals surface area contributed by atoms with Gasteiger partial charge in [0.05, 0.1) is 6.54 Å². The highest BCUT2D eigenvalue weighted by Crippen LogP contribution is 2.30. The number of rotatable bonds is 4. The fraction of sp³-hybridized carbons (Fsp3) is 0.360. The molecule has 1 atom stereocenters. The van der Waals surface area contributed by atoms with Crippen molar-refractivity contribution in [1.29, 1.82) is 0 Å². The topological polar surface area (TPSA) is 113 Å². The number of carbonyl (C=O) groups is 4. The van der Waals surface area contributed by atoms with Crippen molar-refractivity contribution in [2.45, 2.75) is 58.2 Å². The van der Waals surface area contributed by atoms with E-state index in [1.54, 1.807) is 12.1 Å². The van der Waals surface area contributed by atoms with Crippen molar-refractivity contribution in [3.8, 4) is 0 Å². The number of primary amides is 1. The SMILES string of the molecule is CC(C)(C)c1ccc(N(Cc2ccc3c(c2)CN(C2CCC(=O)NC2=O)C3=O)C(N)=O)cc1. The molecule has 2 aromatic carbocycles. The lowest BCUT2D eigenvalue weighted by atomic mass is 9.87. The molecule has 2 heterocycles. The fourth-order valence-corrected chi connectivity index (χ4v) is 4.35. The van der Waals surface area contributed by atoms with Crippen molar-refractivity contribution in [3.63, 3.8) is 0 Å². The van der Waals surface area contributed by atoms with Crippen LogP contribution >= 0.6 is 0 Å². The molecule has 8 heteroatoms. The molecule has 4 rings (SSSR count). The van der Waals surface area contributed by atoms with Gasteiger partial charge in [0.1, 0.15) is 6.04 Å². The van der Waals surface area contributed by atoms with E-state index in [1.165, 1.54) is 9.80 Å². The van der Waals surface area contributed by atoms with Crippen LogP contribution in [0.4, 0.5) is 10.5 Å². The Morgan fingerprint density at radius 3 is 2.42 bits per heavy atom. The van der Waals surface area contributed by atoms with E-state index in [9.17, 15) is 19.2 Å². The third kappa shape index (κ3) is 4.46. The summed E-state index contributed by atoms with van der Waals surface area (Å²) in [5.74, 6) is -0.980. The molecular weight excluding hydrogens is 420 g/mol. The Hall–Kier alpha value is -3.68. The first-order valence-corrected chi connectivity index (χ1v) is 11.0. The Morgan fingerprint density at radius 2 is 1.82 bits per heavy atom. The van der Waals surface area contributed by atoms with Crippen molar-refractivity contribution >= 4 is 29.4 Å². The molecule has 0 saturated carbocycles. The third-order valence-electron chi connectivity index (χ3n) is 6.24. The number of hydrogen-bond acceptors (Lipinski definition) is 4. The highest BCUT2D eigenvalue weighted by atomic mass is 16.2. The molecule has 0 spiro atoms. The summed E-state index contributed by atoms with van der Waals surface area (Å²) < 4.78 is 0. The van der Waals surface area contributed by atoms with Crippen LogP contribution < -0.4 is 16.0 Å². The predicted octanol–water partition coefficient (Wildman–Crippen LogP) is 2.83. The van der Waals surface area contributed by atoms with Crippen molar-refractivity contribution in [3.05, 3.63) is 64.7 Å². The second kappa shape index (κ2) is 8.35. The molecule has 2 aliphatic heterocycles. The number of nitrogens with two attached hydrogens (primary N) is 1. The van der Waals surface area contributed by atoms with Crippen LogP contribution in [0.2, 0.25) is 0 Å². The summed E-state index contributed by atoms with van der Waals surface area (Å²) in [5.41, 5.74) is 9.66. The highest BCUT2D eigenvalue weighted by molar-refractivity contribution is 6.05. The zero-order valence-corrected chi connectivity index (χ0v) is 19.1. The molecular formula is C25H28N4O4. The molecule has 0 radical (unpaired) electrons. The number of benzene rings is 2. The number of amides is 5. The summed E-state index contributed by atoms with van der Waals surface area (Å²) in [5, 5.41) is 2.31. The first-order valence-electron chi connectivity index (χ1n) is 11.0. The molecule has 1 fully saturated rings. The van der Waals surface area contributed by atoms with E-state index in [1.807, 2.05) is 30.3 Å². The summed E-state index contributed by atoms with van der Waals surface area (Å²) in [6, 6.07) is 11.9. The van der Waals surface area contributed by atoms with E-state index in [4.69, 9.17) is 5.73 Å². The van der Waals surface area contributed by atoms with Crippen LogP contribution in [0.25, 0.3) is 0 Å². The fourth-order valence-electron chi connectivity index (χ4n) is 4.35. The van der Waals surface area contributed by atoms with E-state index in [2.05, 4.69) is 26.1 Å². The average molecular weight is 449 g/mol. The summed E-state index contributed by atoms with van der Waals surface area (Å²) >= 11 is 0. The van der Waals surface area contributed by atoms with E-state index in [0.29, 0.717) is 17.7 Å². The first kappa shape index (κ1) is 22.5. The number of piperidine rings is 1. The number of nitrogens with one attached hydrogen (secondary N) is 1. The van der Waals surface area contributed by atoms with Gasteiger partial charge in [0.2, 0.25) is 11.8 Å². The smallest absolute Gasteiger partial charge is 0.319 e. The second-order valence-corrected chi connectivity index (χ2v) is 9.61. The lowest BCUT2D eigenvalue weighted by Crippen LogP contribution is -2.52. The Bertz CT molecular complexity index is 1130. The predicted molar refractivity (Wildman–Crippen MR) is 123 cm³/mol. The maximum Gasteiger partial charge on any atom is 0.319 e. The molecule has 0 aromatic heterocycles. The summed E-state index contributed by atoms with van der Waals surface area (Å²) in [7, 11) is 0. The summed E-state index contributed by atoms with van der Waals surface area (Å²) in [4.78, 5) is 51.8. The average Bonchev–Trinajstić information content (AvgIpc) is 3.07. The quantitative estimate of drug-likeness (QED) is 0.700. The van der Waals surface area contributed by atoms with Gasteiger partial charge in [-0.25, -0.2) is 4.79 Å². The lowest BCUT2D eigenvalue weighted by molar-refractivity contribution is -0.136.